The molecule has 1 amide bonds. The molecule has 0 saturated heterocycles. The SMILES string of the molecule is Cc1cccc2c(=O)n(CC(=O)O)c(=O)n(CC(=O)N(Cl)c3ccnc(Cl)c3)c12. The van der Waals surface area contributed by atoms with E-state index in [4.69, 9.17) is 28.5 Å². The van der Waals surface area contributed by atoms with Gasteiger partial charge in [0, 0.05) is 24.0 Å². The Hall–Kier alpha value is -3.17. The number of hydrogen-bond donors (Lipinski definition) is 1. The van der Waals surface area contributed by atoms with Gasteiger partial charge in [-0.2, -0.15) is 0 Å². The summed E-state index contributed by atoms with van der Waals surface area (Å²) in [6.07, 6.45) is 1.36. The van der Waals surface area contributed by atoms with Crippen molar-refractivity contribution in [1.82, 2.24) is 14.1 Å². The number of rotatable bonds is 5. The van der Waals surface area contributed by atoms with Crippen LogP contribution >= 0.6 is 23.4 Å². The first-order chi connectivity index (χ1) is 13.7. The van der Waals surface area contributed by atoms with E-state index in [2.05, 4.69) is 4.98 Å². The maximum Gasteiger partial charge on any atom is 0.332 e. The van der Waals surface area contributed by atoms with Crippen LogP contribution in [0.5, 0.6) is 0 Å². The fourth-order valence-electron chi connectivity index (χ4n) is 2.94. The molecule has 2 heterocycles. The van der Waals surface area contributed by atoms with E-state index in [-0.39, 0.29) is 21.7 Å². The summed E-state index contributed by atoms with van der Waals surface area (Å²) in [7, 11) is 0. The number of aliphatic carboxylic acids is 1. The lowest BCUT2D eigenvalue weighted by Gasteiger charge is -2.18. The molecule has 0 fully saturated rings. The van der Waals surface area contributed by atoms with Gasteiger partial charge in [0.25, 0.3) is 11.5 Å². The van der Waals surface area contributed by atoms with Gasteiger partial charge in [0.1, 0.15) is 18.2 Å². The Bertz CT molecular complexity index is 1250. The molecule has 9 nitrogen and oxygen atoms in total. The number of aryl methyl sites for hydroxylation is 1. The molecular weight excluding hydrogens is 423 g/mol. The number of carboxylic acids is 1. The maximum absolute atomic E-state index is 12.9. The Labute approximate surface area is 173 Å². The number of carboxylic acid groups (broad SMARTS) is 1. The van der Waals surface area contributed by atoms with Crippen molar-refractivity contribution in [3.05, 3.63) is 68.1 Å². The number of fused-ring (bicyclic) bond motifs is 1. The third kappa shape index (κ3) is 4.01. The number of carbonyl (C=O) groups is 2. The number of para-hydroxylation sites is 1. The molecule has 3 rings (SSSR count). The van der Waals surface area contributed by atoms with Crippen LogP contribution in [0.15, 0.2) is 46.1 Å². The average Bonchev–Trinajstić information content (AvgIpc) is 2.67. The van der Waals surface area contributed by atoms with Crippen LogP contribution in [0.3, 0.4) is 0 Å². The molecule has 0 aliphatic carbocycles. The smallest absolute Gasteiger partial charge is 0.332 e. The Morgan fingerprint density at radius 1 is 1.17 bits per heavy atom. The molecule has 29 heavy (non-hydrogen) atoms. The van der Waals surface area contributed by atoms with E-state index in [1.165, 1.54) is 24.4 Å². The van der Waals surface area contributed by atoms with Gasteiger partial charge in [0.05, 0.1) is 16.6 Å². The number of hydrogen-bond acceptors (Lipinski definition) is 5. The minimum Gasteiger partial charge on any atom is -0.480 e. The van der Waals surface area contributed by atoms with Crippen LogP contribution in [-0.4, -0.2) is 31.1 Å². The summed E-state index contributed by atoms with van der Waals surface area (Å²) in [5.41, 5.74) is -0.631. The standard InChI is InChI=1S/C18H14Cl2N4O5/c1-10-3-2-4-12-16(10)22(18(29)23(17(12)28)9-15(26)27)8-14(25)24(20)11-5-6-21-13(19)7-11/h2-7H,8-9H2,1H3,(H,26,27). The van der Waals surface area contributed by atoms with E-state index in [1.807, 2.05) is 0 Å². The lowest BCUT2D eigenvalue weighted by molar-refractivity contribution is -0.137. The van der Waals surface area contributed by atoms with Crippen LogP contribution in [0, 0.1) is 6.92 Å². The molecule has 0 unspecified atom stereocenters. The number of aromatic nitrogens is 3. The fraction of sp³-hybridized carbons (Fsp3) is 0.167. The molecule has 11 heteroatoms. The van der Waals surface area contributed by atoms with Crippen LogP contribution in [0.1, 0.15) is 5.56 Å². The van der Waals surface area contributed by atoms with Crippen molar-refractivity contribution in [3.8, 4) is 0 Å². The summed E-state index contributed by atoms with van der Waals surface area (Å²) in [5.74, 6) is -2.06. The van der Waals surface area contributed by atoms with Crippen LogP contribution in [0.4, 0.5) is 5.69 Å². The van der Waals surface area contributed by atoms with Crippen molar-refractivity contribution in [2.75, 3.05) is 4.42 Å². The predicted molar refractivity (Wildman–Crippen MR) is 107 cm³/mol. The third-order valence-electron chi connectivity index (χ3n) is 4.19. The minimum atomic E-state index is -1.36. The van der Waals surface area contributed by atoms with Gasteiger partial charge >= 0.3 is 11.7 Å². The van der Waals surface area contributed by atoms with Crippen molar-refractivity contribution < 1.29 is 14.7 Å². The number of amides is 1. The highest BCUT2D eigenvalue weighted by atomic mass is 35.5. The normalized spacial score (nSPS) is 10.9. The second-order valence-electron chi connectivity index (χ2n) is 6.14. The van der Waals surface area contributed by atoms with Crippen molar-refractivity contribution in [1.29, 1.82) is 0 Å². The molecule has 150 valence electrons. The van der Waals surface area contributed by atoms with Gasteiger partial charge in [0.2, 0.25) is 0 Å². The van der Waals surface area contributed by atoms with E-state index in [1.54, 1.807) is 19.1 Å². The first-order valence-corrected chi connectivity index (χ1v) is 8.97. The van der Waals surface area contributed by atoms with Gasteiger partial charge in [-0.3, -0.25) is 19.0 Å². The molecular formula is C18H14Cl2N4O5. The zero-order valence-electron chi connectivity index (χ0n) is 15.0. The van der Waals surface area contributed by atoms with E-state index < -0.39 is 36.2 Å². The summed E-state index contributed by atoms with van der Waals surface area (Å²) in [6.45, 7) is 0.314. The molecule has 0 aliphatic heterocycles. The van der Waals surface area contributed by atoms with Crippen molar-refractivity contribution in [2.24, 2.45) is 0 Å². The molecule has 1 N–H and O–H groups in total. The molecule has 0 atom stereocenters. The Balaban J connectivity index is 2.15. The zero-order valence-corrected chi connectivity index (χ0v) is 16.5. The molecule has 1 aromatic carbocycles. The summed E-state index contributed by atoms with van der Waals surface area (Å²) >= 11 is 11.9. The lowest BCUT2D eigenvalue weighted by atomic mass is 10.1. The van der Waals surface area contributed by atoms with E-state index in [0.29, 0.717) is 10.1 Å². The molecule has 0 radical (unpaired) electrons. The molecule has 2 aromatic heterocycles. The number of nitrogens with zero attached hydrogens (tertiary/aromatic N) is 4. The highest BCUT2D eigenvalue weighted by molar-refractivity contribution is 6.37. The average molecular weight is 437 g/mol. The topological polar surface area (TPSA) is 114 Å². The quantitative estimate of drug-likeness (QED) is 0.481. The second kappa shape index (κ2) is 8.06. The third-order valence-corrected chi connectivity index (χ3v) is 4.78. The Kier molecular flexibility index (Phi) is 5.71. The van der Waals surface area contributed by atoms with E-state index >= 15 is 0 Å². The van der Waals surface area contributed by atoms with Gasteiger partial charge < -0.3 is 5.11 Å². The largest absolute Gasteiger partial charge is 0.480 e. The van der Waals surface area contributed by atoms with Crippen LogP contribution in [-0.2, 0) is 22.7 Å². The Morgan fingerprint density at radius 2 is 1.90 bits per heavy atom. The van der Waals surface area contributed by atoms with Crippen molar-refractivity contribution >= 4 is 51.8 Å². The second-order valence-corrected chi connectivity index (χ2v) is 6.86. The maximum atomic E-state index is 12.9. The molecule has 0 aliphatic rings. The van der Waals surface area contributed by atoms with Crippen LogP contribution < -0.4 is 15.7 Å². The summed E-state index contributed by atoms with van der Waals surface area (Å²) < 4.78 is 2.38. The van der Waals surface area contributed by atoms with Gasteiger partial charge in [-0.05, 0) is 24.6 Å². The highest BCUT2D eigenvalue weighted by Gasteiger charge is 2.21. The Morgan fingerprint density at radius 3 is 2.55 bits per heavy atom. The number of pyridine rings is 1. The van der Waals surface area contributed by atoms with Crippen LogP contribution in [0.25, 0.3) is 10.9 Å². The molecule has 0 bridgehead atoms. The fourth-order valence-corrected chi connectivity index (χ4v) is 3.27. The lowest BCUT2D eigenvalue weighted by Crippen LogP contribution is -2.43. The number of benzene rings is 1. The first kappa shape index (κ1) is 20.6. The van der Waals surface area contributed by atoms with Gasteiger partial charge in [-0.1, -0.05) is 23.7 Å². The molecule has 3 aromatic rings. The van der Waals surface area contributed by atoms with Gasteiger partial charge in [0.15, 0.2) is 0 Å². The number of halogens is 2. The molecule has 0 spiro atoms. The molecule has 0 saturated carbocycles. The number of anilines is 1. The predicted octanol–water partition coefficient (Wildman–Crippen LogP) is 1.79. The first-order valence-electron chi connectivity index (χ1n) is 8.25. The van der Waals surface area contributed by atoms with Crippen molar-refractivity contribution in [2.45, 2.75) is 20.0 Å². The van der Waals surface area contributed by atoms with Crippen molar-refractivity contribution in [3.63, 3.8) is 0 Å². The summed E-state index contributed by atoms with van der Waals surface area (Å²) in [4.78, 5) is 53.1. The highest BCUT2D eigenvalue weighted by Crippen LogP contribution is 2.20. The van der Waals surface area contributed by atoms with Gasteiger partial charge in [-0.15, -0.1) is 0 Å². The summed E-state index contributed by atoms with van der Waals surface area (Å²) in [5, 5.41) is 9.29. The summed E-state index contributed by atoms with van der Waals surface area (Å²) in [6, 6.07) is 7.56. The van der Waals surface area contributed by atoms with E-state index in [9.17, 15) is 19.2 Å². The zero-order chi connectivity index (χ0) is 21.3. The van der Waals surface area contributed by atoms with Crippen LogP contribution in [0.2, 0.25) is 5.15 Å². The van der Waals surface area contributed by atoms with E-state index in [0.717, 1.165) is 8.99 Å². The number of carbonyl (C=O) groups excluding carboxylic acids is 1. The van der Waals surface area contributed by atoms with Gasteiger partial charge in [-0.25, -0.2) is 18.8 Å². The monoisotopic (exact) mass is 436 g/mol. The minimum absolute atomic E-state index is 0.117.